The first-order valence-electron chi connectivity index (χ1n) is 8.70. The Kier molecular flexibility index (Phi) is 4.87. The van der Waals surface area contributed by atoms with E-state index >= 15 is 0 Å². The van der Waals surface area contributed by atoms with Gasteiger partial charge in [0.1, 0.15) is 5.69 Å². The summed E-state index contributed by atoms with van der Waals surface area (Å²) < 4.78 is 1.70. The van der Waals surface area contributed by atoms with Crippen LogP contribution in [0.25, 0.3) is 5.78 Å². The number of hydrogen-bond acceptors (Lipinski definition) is 5. The molecule has 0 aliphatic carbocycles. The van der Waals surface area contributed by atoms with Crippen LogP contribution in [0.3, 0.4) is 0 Å². The van der Waals surface area contributed by atoms with Crippen LogP contribution < -0.4 is 0 Å². The summed E-state index contributed by atoms with van der Waals surface area (Å²) in [6.07, 6.45) is 4.99. The van der Waals surface area contributed by atoms with Crippen LogP contribution in [0.15, 0.2) is 48.9 Å². The molecule has 0 bridgehead atoms. The van der Waals surface area contributed by atoms with E-state index in [1.54, 1.807) is 53.3 Å². The van der Waals surface area contributed by atoms with E-state index in [4.69, 9.17) is 11.6 Å². The fraction of sp³-hybridized carbons (Fsp3) is 0.263. The van der Waals surface area contributed by atoms with Crippen molar-refractivity contribution in [1.82, 2.24) is 24.2 Å². The van der Waals surface area contributed by atoms with Crippen LogP contribution >= 0.6 is 11.6 Å². The number of ketones is 1. The molecule has 1 aromatic carbocycles. The number of benzene rings is 1. The van der Waals surface area contributed by atoms with Gasteiger partial charge in [-0.05, 0) is 30.3 Å². The molecule has 3 aromatic rings. The van der Waals surface area contributed by atoms with Crippen molar-refractivity contribution in [3.63, 3.8) is 0 Å². The van der Waals surface area contributed by atoms with E-state index in [1.807, 2.05) is 4.90 Å². The van der Waals surface area contributed by atoms with Crippen molar-refractivity contribution in [2.75, 3.05) is 32.7 Å². The van der Waals surface area contributed by atoms with Gasteiger partial charge in [-0.15, -0.1) is 0 Å². The SMILES string of the molecule is O=C(CN1CCN(C(=O)c2ccc(Cl)cc2)CC1)c1cnc2ncccn12. The number of rotatable bonds is 4. The maximum Gasteiger partial charge on any atom is 0.253 e. The van der Waals surface area contributed by atoms with Crippen LogP contribution in [-0.4, -0.2) is 68.6 Å². The third kappa shape index (κ3) is 3.70. The Hall–Kier alpha value is -2.77. The highest BCUT2D eigenvalue weighted by atomic mass is 35.5. The Labute approximate surface area is 161 Å². The summed E-state index contributed by atoms with van der Waals surface area (Å²) in [5, 5.41) is 0.609. The zero-order valence-corrected chi connectivity index (χ0v) is 15.3. The fourth-order valence-corrected chi connectivity index (χ4v) is 3.33. The smallest absolute Gasteiger partial charge is 0.253 e. The van der Waals surface area contributed by atoms with Gasteiger partial charge >= 0.3 is 0 Å². The molecule has 27 heavy (non-hydrogen) atoms. The van der Waals surface area contributed by atoms with Gasteiger partial charge in [0.2, 0.25) is 5.78 Å². The minimum absolute atomic E-state index is 0.00650. The van der Waals surface area contributed by atoms with Gasteiger partial charge in [-0.3, -0.25) is 18.9 Å². The van der Waals surface area contributed by atoms with Gasteiger partial charge < -0.3 is 4.90 Å². The zero-order chi connectivity index (χ0) is 18.8. The lowest BCUT2D eigenvalue weighted by atomic mass is 10.1. The molecular weight excluding hydrogens is 366 g/mol. The van der Waals surface area contributed by atoms with Gasteiger partial charge in [0.15, 0.2) is 5.78 Å². The molecule has 7 nitrogen and oxygen atoms in total. The summed E-state index contributed by atoms with van der Waals surface area (Å²) in [4.78, 5) is 37.3. The molecule has 1 amide bonds. The van der Waals surface area contributed by atoms with Crippen molar-refractivity contribution in [1.29, 1.82) is 0 Å². The maximum atomic E-state index is 12.6. The Balaban J connectivity index is 1.36. The summed E-state index contributed by atoms with van der Waals surface area (Å²) >= 11 is 5.87. The van der Waals surface area contributed by atoms with Gasteiger partial charge in [-0.2, -0.15) is 0 Å². The molecule has 1 aliphatic rings. The molecule has 1 saturated heterocycles. The lowest BCUT2D eigenvalue weighted by Crippen LogP contribution is -2.50. The van der Waals surface area contributed by atoms with E-state index < -0.39 is 0 Å². The first kappa shape index (κ1) is 17.6. The van der Waals surface area contributed by atoms with Crippen molar-refractivity contribution in [3.8, 4) is 0 Å². The number of Topliss-reactive ketones (excluding diaryl/α,β-unsaturated/α-hetero) is 1. The number of carbonyl (C=O) groups excluding carboxylic acids is 2. The quantitative estimate of drug-likeness (QED) is 0.645. The molecule has 0 N–H and O–H groups in total. The van der Waals surface area contributed by atoms with E-state index in [-0.39, 0.29) is 11.7 Å². The molecule has 138 valence electrons. The van der Waals surface area contributed by atoms with E-state index in [1.165, 1.54) is 0 Å². The lowest BCUT2D eigenvalue weighted by Gasteiger charge is -2.34. The number of fused-ring (bicyclic) bond motifs is 1. The maximum absolute atomic E-state index is 12.6. The number of imidazole rings is 1. The predicted octanol–water partition coefficient (Wildman–Crippen LogP) is 2.02. The molecule has 4 rings (SSSR count). The topological polar surface area (TPSA) is 70.8 Å². The van der Waals surface area contributed by atoms with Crippen molar-refractivity contribution < 1.29 is 9.59 Å². The molecule has 1 fully saturated rings. The van der Waals surface area contributed by atoms with Crippen molar-refractivity contribution in [2.24, 2.45) is 0 Å². The van der Waals surface area contributed by atoms with Crippen molar-refractivity contribution >= 4 is 29.1 Å². The standard InChI is InChI=1S/C19H18ClN5O2/c20-15-4-2-14(3-5-15)18(27)24-10-8-23(9-11-24)13-17(26)16-12-22-19-21-6-1-7-25(16)19/h1-7,12H,8-11,13H2. The van der Waals surface area contributed by atoms with E-state index in [0.29, 0.717) is 54.8 Å². The molecule has 8 heteroatoms. The molecule has 0 atom stereocenters. The second-order valence-corrected chi connectivity index (χ2v) is 6.87. The molecule has 0 radical (unpaired) electrons. The normalized spacial score (nSPS) is 15.2. The predicted molar refractivity (Wildman–Crippen MR) is 101 cm³/mol. The molecular formula is C19H18ClN5O2. The van der Waals surface area contributed by atoms with Gasteiger partial charge in [0.05, 0.1) is 12.7 Å². The van der Waals surface area contributed by atoms with E-state index in [2.05, 4.69) is 14.9 Å². The monoisotopic (exact) mass is 383 g/mol. The van der Waals surface area contributed by atoms with Crippen LogP contribution in [0.2, 0.25) is 5.02 Å². The minimum atomic E-state index is -0.00879. The van der Waals surface area contributed by atoms with E-state index in [0.717, 1.165) is 0 Å². The fourth-order valence-electron chi connectivity index (χ4n) is 3.20. The summed E-state index contributed by atoms with van der Waals surface area (Å²) in [5.74, 6) is 0.498. The Morgan fingerprint density at radius 2 is 1.78 bits per heavy atom. The molecule has 3 heterocycles. The number of amides is 1. The minimum Gasteiger partial charge on any atom is -0.336 e. The lowest BCUT2D eigenvalue weighted by molar-refractivity contribution is 0.0623. The number of hydrogen-bond donors (Lipinski definition) is 0. The molecule has 0 unspecified atom stereocenters. The Morgan fingerprint density at radius 3 is 2.52 bits per heavy atom. The number of nitrogens with zero attached hydrogens (tertiary/aromatic N) is 5. The van der Waals surface area contributed by atoms with E-state index in [9.17, 15) is 9.59 Å². The molecule has 1 aliphatic heterocycles. The Morgan fingerprint density at radius 1 is 1.04 bits per heavy atom. The zero-order valence-electron chi connectivity index (χ0n) is 14.6. The van der Waals surface area contributed by atoms with Crippen LogP contribution in [0.5, 0.6) is 0 Å². The average Bonchev–Trinajstić information content (AvgIpc) is 3.13. The number of halogens is 1. The van der Waals surface area contributed by atoms with Crippen LogP contribution in [0, 0.1) is 0 Å². The number of piperazine rings is 1. The molecule has 0 saturated carbocycles. The van der Waals surface area contributed by atoms with Gasteiger partial charge in [0.25, 0.3) is 5.91 Å². The van der Waals surface area contributed by atoms with Gasteiger partial charge in [-0.25, -0.2) is 9.97 Å². The van der Waals surface area contributed by atoms with Crippen molar-refractivity contribution in [2.45, 2.75) is 0 Å². The highest BCUT2D eigenvalue weighted by molar-refractivity contribution is 6.30. The molecule has 2 aromatic heterocycles. The summed E-state index contributed by atoms with van der Waals surface area (Å²) in [5.41, 5.74) is 1.15. The second kappa shape index (κ2) is 7.46. The van der Waals surface area contributed by atoms with Crippen molar-refractivity contribution in [3.05, 3.63) is 65.2 Å². The third-order valence-corrected chi connectivity index (χ3v) is 4.94. The summed E-state index contributed by atoms with van der Waals surface area (Å²) in [6, 6.07) is 8.67. The van der Waals surface area contributed by atoms with Gasteiger partial charge in [0, 0.05) is 49.2 Å². The highest BCUT2D eigenvalue weighted by Gasteiger charge is 2.24. The highest BCUT2D eigenvalue weighted by Crippen LogP contribution is 2.14. The van der Waals surface area contributed by atoms with Gasteiger partial charge in [-0.1, -0.05) is 11.6 Å². The largest absolute Gasteiger partial charge is 0.336 e. The Bertz CT molecular complexity index is 977. The van der Waals surface area contributed by atoms with Crippen LogP contribution in [-0.2, 0) is 0 Å². The second-order valence-electron chi connectivity index (χ2n) is 6.43. The molecule has 0 spiro atoms. The first-order valence-corrected chi connectivity index (χ1v) is 9.08. The number of carbonyl (C=O) groups is 2. The first-order chi connectivity index (χ1) is 13.1. The van der Waals surface area contributed by atoms with Crippen LogP contribution in [0.1, 0.15) is 20.8 Å². The number of aromatic nitrogens is 3. The summed E-state index contributed by atoms with van der Waals surface area (Å²) in [6.45, 7) is 2.78. The third-order valence-electron chi connectivity index (χ3n) is 4.69. The van der Waals surface area contributed by atoms with Crippen LogP contribution in [0.4, 0.5) is 0 Å². The average molecular weight is 384 g/mol. The summed E-state index contributed by atoms with van der Waals surface area (Å²) in [7, 11) is 0.